The molecule has 0 spiro atoms. The Hall–Kier alpha value is -5.01. The Morgan fingerprint density at radius 2 is 1.39 bits per heavy atom. The zero-order valence-corrected chi connectivity index (χ0v) is 25.3. The van der Waals surface area contributed by atoms with Crippen LogP contribution in [0.25, 0.3) is 0 Å². The van der Waals surface area contributed by atoms with E-state index in [2.05, 4.69) is 0 Å². The molecule has 254 valence electrons. The van der Waals surface area contributed by atoms with Crippen molar-refractivity contribution in [2.24, 2.45) is 29.1 Å². The number of hydrogen-bond acceptors (Lipinski definition) is 5. The smallest absolute Gasteiger partial charge is 0.416 e. The number of nitrogens with zero attached hydrogens (tertiary/aromatic N) is 2. The molecule has 2 heterocycles. The molecular weight excluding hydrogens is 661 g/mol. The van der Waals surface area contributed by atoms with Crippen LogP contribution in [0, 0.1) is 34.9 Å². The minimum atomic E-state index is -5.23. The van der Waals surface area contributed by atoms with Crippen LogP contribution >= 0.6 is 0 Å². The number of allylic oxidation sites excluding steroid dienone is 2. The Morgan fingerprint density at radius 1 is 0.755 bits per heavy atom. The van der Waals surface area contributed by atoms with Gasteiger partial charge in [0.25, 0.3) is 0 Å². The van der Waals surface area contributed by atoms with Crippen molar-refractivity contribution in [3.05, 3.63) is 101 Å². The quantitative estimate of drug-likeness (QED) is 0.182. The maximum absolute atomic E-state index is 14.8. The van der Waals surface area contributed by atoms with Crippen molar-refractivity contribution in [2.45, 2.75) is 38.0 Å². The second kappa shape index (κ2) is 10.7. The van der Waals surface area contributed by atoms with Gasteiger partial charge in [-0.1, -0.05) is 35.9 Å². The van der Waals surface area contributed by atoms with Gasteiger partial charge >= 0.3 is 12.4 Å². The van der Waals surface area contributed by atoms with Crippen molar-refractivity contribution in [3.63, 3.8) is 0 Å². The normalized spacial score (nSPS) is 28.4. The lowest BCUT2D eigenvalue weighted by Crippen LogP contribution is -2.48. The number of phenolic OH excluding ortho intramolecular Hbond substituents is 1. The van der Waals surface area contributed by atoms with Crippen LogP contribution < -0.4 is 9.80 Å². The maximum atomic E-state index is 14.8. The molecule has 3 aromatic carbocycles. The number of rotatable bonds is 3. The van der Waals surface area contributed by atoms with E-state index in [9.17, 15) is 55.0 Å². The summed E-state index contributed by atoms with van der Waals surface area (Å²) >= 11 is 0. The van der Waals surface area contributed by atoms with Gasteiger partial charge < -0.3 is 5.11 Å². The molecule has 0 radical (unpaired) electrons. The van der Waals surface area contributed by atoms with Crippen LogP contribution in [0.3, 0.4) is 0 Å². The molecule has 4 amide bonds. The van der Waals surface area contributed by atoms with Gasteiger partial charge in [-0.3, -0.25) is 19.2 Å². The van der Waals surface area contributed by atoms with Crippen molar-refractivity contribution in [1.82, 2.24) is 0 Å². The predicted octanol–water partition coefficient (Wildman–Crippen LogP) is 7.00. The van der Waals surface area contributed by atoms with Gasteiger partial charge in [0.05, 0.1) is 45.7 Å². The van der Waals surface area contributed by atoms with Crippen LogP contribution in [0.4, 0.5) is 42.1 Å². The molecule has 2 saturated heterocycles. The van der Waals surface area contributed by atoms with E-state index in [-0.39, 0.29) is 30.2 Å². The SMILES string of the molecule is CC12C(=O)N(c3ccccc3)C(=O)C1CC1C(=CCC3C(=O)N(c4cc(C(F)(F)F)cc(C(F)(F)F)c4)C(=O)C31)C2c1ccc(O)c(F)c1. The van der Waals surface area contributed by atoms with Gasteiger partial charge in [-0.25, -0.2) is 14.2 Å². The fourth-order valence-electron chi connectivity index (χ4n) is 8.24. The van der Waals surface area contributed by atoms with Crippen LogP contribution in [0.5, 0.6) is 5.75 Å². The maximum Gasteiger partial charge on any atom is 0.416 e. The molecule has 2 aliphatic heterocycles. The average Bonchev–Trinajstić information content (AvgIpc) is 3.41. The lowest BCUT2D eigenvalue weighted by molar-refractivity contribution is -0.143. The number of carbonyl (C=O) groups excluding carboxylic acids is 4. The number of amides is 4. The number of para-hydroxylation sites is 1. The van der Waals surface area contributed by atoms with Crippen molar-refractivity contribution < 1.29 is 55.0 Å². The number of phenols is 1. The molecule has 49 heavy (non-hydrogen) atoms. The summed E-state index contributed by atoms with van der Waals surface area (Å²) in [6.45, 7) is 1.55. The number of fused-ring (bicyclic) bond motifs is 4. The topological polar surface area (TPSA) is 95.0 Å². The van der Waals surface area contributed by atoms with Gasteiger partial charge in [0.2, 0.25) is 23.6 Å². The summed E-state index contributed by atoms with van der Waals surface area (Å²) in [6.07, 6.45) is -9.19. The zero-order chi connectivity index (χ0) is 35.4. The van der Waals surface area contributed by atoms with Crippen LogP contribution in [-0.4, -0.2) is 28.7 Å². The van der Waals surface area contributed by atoms with E-state index in [1.165, 1.54) is 6.07 Å². The fourth-order valence-corrected chi connectivity index (χ4v) is 8.24. The molecule has 0 aromatic heterocycles. The highest BCUT2D eigenvalue weighted by atomic mass is 19.4. The van der Waals surface area contributed by atoms with Crippen LogP contribution in [0.2, 0.25) is 0 Å². The summed E-state index contributed by atoms with van der Waals surface area (Å²) in [4.78, 5) is 57.6. The van der Waals surface area contributed by atoms with E-state index in [1.807, 2.05) is 0 Å². The molecule has 3 fully saturated rings. The van der Waals surface area contributed by atoms with Crippen LogP contribution in [0.1, 0.15) is 42.4 Å². The van der Waals surface area contributed by atoms with Crippen molar-refractivity contribution in [1.29, 1.82) is 0 Å². The minimum absolute atomic E-state index is 0.105. The molecule has 6 unspecified atom stereocenters. The summed E-state index contributed by atoms with van der Waals surface area (Å²) in [5.74, 6) is -10.6. The van der Waals surface area contributed by atoms with E-state index in [0.717, 1.165) is 17.0 Å². The summed E-state index contributed by atoms with van der Waals surface area (Å²) in [7, 11) is 0. The minimum Gasteiger partial charge on any atom is -0.505 e. The van der Waals surface area contributed by atoms with Gasteiger partial charge in [0, 0.05) is 5.92 Å². The summed E-state index contributed by atoms with van der Waals surface area (Å²) in [5.41, 5.74) is -4.98. The van der Waals surface area contributed by atoms with Gasteiger partial charge in [0.1, 0.15) is 0 Å². The number of carbonyl (C=O) groups is 4. The standard InChI is InChI=1S/C35H25F7N2O5/c1-33-24(30(47)44(32(33)49)19-5-3-2-4-6-19)15-23-21(28(33)16-7-10-26(45)25(36)11-16)8-9-22-27(23)31(48)43(29(22)46)20-13-17(34(37,38)39)12-18(14-20)35(40,41)42/h2-8,10-14,22-24,27-28,45H,9,15H2,1H3. The molecule has 1 saturated carbocycles. The average molecular weight is 687 g/mol. The molecule has 1 N–H and O–H groups in total. The number of halogens is 7. The molecular formula is C35H25F7N2O5. The van der Waals surface area contributed by atoms with Crippen molar-refractivity contribution >= 4 is 35.0 Å². The number of benzene rings is 3. The first-order valence-corrected chi connectivity index (χ1v) is 15.2. The number of anilines is 2. The first-order chi connectivity index (χ1) is 22.9. The second-order valence-corrected chi connectivity index (χ2v) is 13.0. The Balaban J connectivity index is 1.36. The van der Waals surface area contributed by atoms with Crippen molar-refractivity contribution in [3.8, 4) is 5.75 Å². The van der Waals surface area contributed by atoms with Gasteiger partial charge in [-0.2, -0.15) is 26.3 Å². The van der Waals surface area contributed by atoms with E-state index in [4.69, 9.17) is 0 Å². The van der Waals surface area contributed by atoms with E-state index in [0.29, 0.717) is 22.6 Å². The van der Waals surface area contributed by atoms with Gasteiger partial charge in [-0.15, -0.1) is 0 Å². The molecule has 6 atom stereocenters. The van der Waals surface area contributed by atoms with E-state index < -0.39 is 99.4 Å². The fraction of sp³-hybridized carbons (Fsp3) is 0.314. The molecule has 7 nitrogen and oxygen atoms in total. The number of aromatic hydroxyl groups is 1. The van der Waals surface area contributed by atoms with Gasteiger partial charge in [0.15, 0.2) is 11.6 Å². The lowest BCUT2D eigenvalue weighted by atomic mass is 9.51. The Labute approximate surface area is 273 Å². The third kappa shape index (κ3) is 4.78. The number of alkyl halides is 6. The van der Waals surface area contributed by atoms with E-state index in [1.54, 1.807) is 43.3 Å². The van der Waals surface area contributed by atoms with Gasteiger partial charge in [-0.05, 0) is 73.7 Å². The lowest BCUT2D eigenvalue weighted by Gasteiger charge is -2.49. The monoisotopic (exact) mass is 686 g/mol. The van der Waals surface area contributed by atoms with Crippen molar-refractivity contribution in [2.75, 3.05) is 9.80 Å². The number of imide groups is 2. The van der Waals surface area contributed by atoms with Crippen LogP contribution in [0.15, 0.2) is 78.4 Å². The predicted molar refractivity (Wildman–Crippen MR) is 158 cm³/mol. The first kappa shape index (κ1) is 32.5. The molecule has 14 heteroatoms. The summed E-state index contributed by atoms with van der Waals surface area (Å²) in [5, 5.41) is 9.93. The Kier molecular flexibility index (Phi) is 7.13. The molecule has 0 bridgehead atoms. The molecule has 7 rings (SSSR count). The highest BCUT2D eigenvalue weighted by Crippen LogP contribution is 2.64. The Morgan fingerprint density at radius 3 is 1.98 bits per heavy atom. The first-order valence-electron chi connectivity index (χ1n) is 15.2. The molecule has 3 aromatic rings. The second-order valence-electron chi connectivity index (χ2n) is 13.0. The summed E-state index contributed by atoms with van der Waals surface area (Å²) in [6, 6.07) is 12.0. The Bertz CT molecular complexity index is 1940. The zero-order valence-electron chi connectivity index (χ0n) is 25.3. The largest absolute Gasteiger partial charge is 0.505 e. The van der Waals surface area contributed by atoms with Crippen LogP contribution in [-0.2, 0) is 31.5 Å². The molecule has 4 aliphatic rings. The third-order valence-electron chi connectivity index (χ3n) is 10.4. The highest BCUT2D eigenvalue weighted by molar-refractivity contribution is 6.25. The summed E-state index contributed by atoms with van der Waals surface area (Å²) < 4.78 is 97.1. The number of hydrogen-bond donors (Lipinski definition) is 1. The van der Waals surface area contributed by atoms with E-state index >= 15 is 0 Å². The molecule has 2 aliphatic carbocycles. The third-order valence-corrected chi connectivity index (χ3v) is 10.4. The highest BCUT2D eigenvalue weighted by Gasteiger charge is 2.67.